The molecule has 6 atom stereocenters. The highest BCUT2D eigenvalue weighted by atomic mass is 16.7. The summed E-state index contributed by atoms with van der Waals surface area (Å²) in [6.45, 7) is 0.392. The molecule has 4 N–H and O–H groups in total. The van der Waals surface area contributed by atoms with Gasteiger partial charge in [-0.25, -0.2) is 4.79 Å². The number of aliphatic hydroxyl groups excluding tert-OH is 3. The van der Waals surface area contributed by atoms with Crippen LogP contribution in [-0.4, -0.2) is 73.4 Å². The van der Waals surface area contributed by atoms with Crippen molar-refractivity contribution in [3.05, 3.63) is 59.4 Å². The van der Waals surface area contributed by atoms with Gasteiger partial charge < -0.3 is 34.5 Å². The third kappa shape index (κ3) is 3.74. The minimum absolute atomic E-state index is 0.187. The normalized spacial score (nSPS) is 29.9. The van der Waals surface area contributed by atoms with E-state index in [4.69, 9.17) is 14.6 Å². The summed E-state index contributed by atoms with van der Waals surface area (Å²) in [5, 5.41) is 38.7. The zero-order valence-electron chi connectivity index (χ0n) is 16.2. The molecule has 1 fully saturated rings. The number of esters is 1. The Hall–Kier alpha value is -3.05. The first-order valence-electron chi connectivity index (χ1n) is 9.71. The lowest BCUT2D eigenvalue weighted by molar-refractivity contribution is -0.286. The molecule has 10 nitrogen and oxygen atoms in total. The van der Waals surface area contributed by atoms with Crippen LogP contribution in [0.4, 0.5) is 0 Å². The van der Waals surface area contributed by atoms with E-state index < -0.39 is 48.6 Å². The maximum atomic E-state index is 12.8. The third-order valence-electron chi connectivity index (χ3n) is 5.61. The van der Waals surface area contributed by atoms with E-state index in [2.05, 4.69) is 0 Å². The number of ketones is 1. The van der Waals surface area contributed by atoms with Crippen LogP contribution >= 0.6 is 0 Å². The van der Waals surface area contributed by atoms with Gasteiger partial charge in [0.1, 0.15) is 18.3 Å². The van der Waals surface area contributed by atoms with Crippen LogP contribution in [0, 0.1) is 0 Å². The second-order valence-electron chi connectivity index (χ2n) is 7.50. The van der Waals surface area contributed by atoms with E-state index in [-0.39, 0.29) is 5.78 Å². The zero-order valence-corrected chi connectivity index (χ0v) is 16.2. The van der Waals surface area contributed by atoms with Gasteiger partial charge in [-0.15, -0.1) is 0 Å². The number of aromatic nitrogens is 1. The van der Waals surface area contributed by atoms with Gasteiger partial charge in [0.15, 0.2) is 6.10 Å². The van der Waals surface area contributed by atoms with Crippen molar-refractivity contribution in [1.29, 1.82) is 0 Å². The van der Waals surface area contributed by atoms with Crippen LogP contribution in [0.5, 0.6) is 0 Å². The van der Waals surface area contributed by atoms with Gasteiger partial charge >= 0.3 is 11.9 Å². The van der Waals surface area contributed by atoms with Crippen molar-refractivity contribution in [2.75, 3.05) is 0 Å². The average Bonchev–Trinajstić information content (AvgIpc) is 3.36. The first-order valence-corrected chi connectivity index (χ1v) is 9.71. The number of fused-ring (bicyclic) bond motifs is 1. The molecule has 0 spiro atoms. The van der Waals surface area contributed by atoms with Gasteiger partial charge in [-0.1, -0.05) is 30.3 Å². The molecule has 2 aromatic rings. The number of benzene rings is 1. The molecule has 0 bridgehead atoms. The van der Waals surface area contributed by atoms with Crippen molar-refractivity contribution >= 4 is 17.7 Å². The van der Waals surface area contributed by atoms with Crippen LogP contribution in [0.15, 0.2) is 42.5 Å². The SMILES string of the molecule is O=C(c1ccccc1)c1ccc2n1CCC2C(=O)O[C@@H]1O[C@H](C(=O)O)[C@@H](O)[C@H](O)[C@H]1O. The van der Waals surface area contributed by atoms with Crippen molar-refractivity contribution in [3.63, 3.8) is 0 Å². The number of aliphatic hydroxyl groups is 3. The van der Waals surface area contributed by atoms with E-state index in [0.717, 1.165) is 0 Å². The van der Waals surface area contributed by atoms with E-state index in [1.165, 1.54) is 0 Å². The van der Waals surface area contributed by atoms with Crippen LogP contribution in [0.2, 0.25) is 0 Å². The Kier molecular flexibility index (Phi) is 5.63. The fourth-order valence-corrected chi connectivity index (χ4v) is 3.96. The van der Waals surface area contributed by atoms with Crippen LogP contribution in [0.1, 0.15) is 34.1 Å². The van der Waals surface area contributed by atoms with E-state index in [9.17, 15) is 29.7 Å². The Labute approximate surface area is 176 Å². The van der Waals surface area contributed by atoms with Gasteiger partial charge in [0.05, 0.1) is 11.6 Å². The van der Waals surface area contributed by atoms with Crippen LogP contribution in [-0.2, 0) is 25.6 Å². The molecular formula is C21H21NO9. The summed E-state index contributed by atoms with van der Waals surface area (Å²) < 4.78 is 11.9. The molecule has 1 aromatic carbocycles. The fourth-order valence-electron chi connectivity index (χ4n) is 3.96. The van der Waals surface area contributed by atoms with Gasteiger partial charge in [-0.05, 0) is 18.6 Å². The molecule has 2 aliphatic heterocycles. The molecule has 4 rings (SSSR count). The molecule has 0 saturated carbocycles. The number of nitrogens with zero attached hydrogens (tertiary/aromatic N) is 1. The van der Waals surface area contributed by atoms with Gasteiger partial charge in [0.2, 0.25) is 12.1 Å². The fraction of sp³-hybridized carbons (Fsp3) is 0.381. The number of carbonyl (C=O) groups excluding carboxylic acids is 2. The van der Waals surface area contributed by atoms with Crippen molar-refractivity contribution < 1.29 is 44.3 Å². The molecule has 0 aliphatic carbocycles. The number of carbonyl (C=O) groups is 3. The number of carboxylic acids is 1. The lowest BCUT2D eigenvalue weighted by Crippen LogP contribution is -2.60. The smallest absolute Gasteiger partial charge is 0.335 e. The quantitative estimate of drug-likeness (QED) is 0.367. The lowest BCUT2D eigenvalue weighted by atomic mass is 9.99. The van der Waals surface area contributed by atoms with E-state index >= 15 is 0 Å². The number of aliphatic carboxylic acids is 1. The minimum atomic E-state index is -1.88. The second kappa shape index (κ2) is 8.23. The summed E-state index contributed by atoms with van der Waals surface area (Å²) in [6.07, 6.45) is -8.86. The van der Waals surface area contributed by atoms with Gasteiger partial charge in [-0.3, -0.25) is 9.59 Å². The highest BCUT2D eigenvalue weighted by Crippen LogP contribution is 2.33. The molecular weight excluding hydrogens is 410 g/mol. The summed E-state index contributed by atoms with van der Waals surface area (Å²) in [5.74, 6) is -3.32. The van der Waals surface area contributed by atoms with Crippen molar-refractivity contribution in [2.45, 2.75) is 49.6 Å². The topological polar surface area (TPSA) is 156 Å². The number of hydrogen-bond acceptors (Lipinski definition) is 8. The standard InChI is InChI=1S/C21H21NO9/c23-14(10-4-2-1-3-5-10)13-7-6-12-11(8-9-22(12)13)20(29)31-21-17(26)15(24)16(25)18(30-21)19(27)28/h1-7,11,15-18,21,24-26H,8-9H2,(H,27,28)/t11?,15-,16-,17+,18-,21-/m0/s1. The Balaban J connectivity index is 1.50. The Bertz CT molecular complexity index is 1000. The number of rotatable bonds is 5. The molecule has 1 unspecified atom stereocenters. The molecule has 3 heterocycles. The first-order chi connectivity index (χ1) is 14.8. The van der Waals surface area contributed by atoms with Gasteiger partial charge in [0, 0.05) is 17.8 Å². The Morgan fingerprint density at radius 2 is 1.68 bits per heavy atom. The Morgan fingerprint density at radius 3 is 2.35 bits per heavy atom. The predicted octanol–water partition coefficient (Wildman–Crippen LogP) is -0.358. The highest BCUT2D eigenvalue weighted by Gasteiger charge is 2.49. The summed E-state index contributed by atoms with van der Waals surface area (Å²) in [6, 6.07) is 12.0. The molecule has 2 aliphatic rings. The van der Waals surface area contributed by atoms with Gasteiger partial charge in [0.25, 0.3) is 0 Å². The molecule has 1 aromatic heterocycles. The number of carboxylic acid groups (broad SMARTS) is 1. The predicted molar refractivity (Wildman–Crippen MR) is 102 cm³/mol. The molecule has 31 heavy (non-hydrogen) atoms. The minimum Gasteiger partial charge on any atom is -0.479 e. The lowest BCUT2D eigenvalue weighted by Gasteiger charge is -2.38. The first kappa shape index (κ1) is 21.2. The number of ether oxygens (including phenoxy) is 2. The monoisotopic (exact) mass is 431 g/mol. The van der Waals surface area contributed by atoms with Crippen LogP contribution in [0.25, 0.3) is 0 Å². The molecule has 0 radical (unpaired) electrons. The second-order valence-corrected chi connectivity index (χ2v) is 7.50. The molecule has 1 saturated heterocycles. The third-order valence-corrected chi connectivity index (χ3v) is 5.61. The van der Waals surface area contributed by atoms with Crippen molar-refractivity contribution in [1.82, 2.24) is 4.57 Å². The van der Waals surface area contributed by atoms with E-state index in [0.29, 0.717) is 29.9 Å². The largest absolute Gasteiger partial charge is 0.479 e. The summed E-state index contributed by atoms with van der Waals surface area (Å²) in [7, 11) is 0. The number of hydrogen-bond donors (Lipinski definition) is 4. The summed E-state index contributed by atoms with van der Waals surface area (Å²) in [4.78, 5) is 36.7. The Morgan fingerprint density at radius 1 is 0.968 bits per heavy atom. The van der Waals surface area contributed by atoms with Crippen molar-refractivity contribution in [2.24, 2.45) is 0 Å². The van der Waals surface area contributed by atoms with Crippen LogP contribution in [0.3, 0.4) is 0 Å². The molecule has 10 heteroatoms. The maximum Gasteiger partial charge on any atom is 0.335 e. The van der Waals surface area contributed by atoms with Crippen molar-refractivity contribution in [3.8, 4) is 0 Å². The molecule has 0 amide bonds. The maximum absolute atomic E-state index is 12.8. The van der Waals surface area contributed by atoms with Gasteiger partial charge in [-0.2, -0.15) is 0 Å². The van der Waals surface area contributed by atoms with E-state index in [1.54, 1.807) is 47.0 Å². The summed E-state index contributed by atoms with van der Waals surface area (Å²) >= 11 is 0. The average molecular weight is 431 g/mol. The van der Waals surface area contributed by atoms with Crippen LogP contribution < -0.4 is 0 Å². The molecule has 164 valence electrons. The summed E-state index contributed by atoms with van der Waals surface area (Å²) in [5.41, 5.74) is 1.49. The zero-order chi connectivity index (χ0) is 22.3. The van der Waals surface area contributed by atoms with E-state index in [1.807, 2.05) is 0 Å². The highest BCUT2D eigenvalue weighted by molar-refractivity contribution is 6.08.